The molecule has 1 saturated heterocycles. The highest BCUT2D eigenvalue weighted by atomic mass is 16.4. The molecule has 2 N–H and O–H groups in total. The number of aliphatic carboxylic acids is 1. The average Bonchev–Trinajstić information content (AvgIpc) is 2.26. The summed E-state index contributed by atoms with van der Waals surface area (Å²) in [5.74, 6) is -0.690. The number of rotatable bonds is 5. The van der Waals surface area contributed by atoms with Crippen LogP contribution >= 0.6 is 0 Å². The fourth-order valence-corrected chi connectivity index (χ4v) is 1.96. The Hall–Kier alpha value is -1.10. The number of likely N-dealkylation sites (tertiary alicyclic amines) is 1. The molecule has 0 aliphatic carbocycles. The summed E-state index contributed by atoms with van der Waals surface area (Å²) in [6.45, 7) is 4.12. The molecular weight excluding hydrogens is 208 g/mol. The van der Waals surface area contributed by atoms with Crippen LogP contribution in [0.3, 0.4) is 0 Å². The van der Waals surface area contributed by atoms with Gasteiger partial charge in [-0.1, -0.05) is 6.92 Å². The van der Waals surface area contributed by atoms with E-state index in [4.69, 9.17) is 5.11 Å². The molecule has 5 heteroatoms. The van der Waals surface area contributed by atoms with Crippen molar-refractivity contribution in [2.75, 3.05) is 19.6 Å². The summed E-state index contributed by atoms with van der Waals surface area (Å²) < 4.78 is 0. The maximum absolute atomic E-state index is 11.2. The maximum atomic E-state index is 11.2. The van der Waals surface area contributed by atoms with Crippen molar-refractivity contribution in [3.63, 3.8) is 0 Å². The number of carboxylic acid groups (broad SMARTS) is 1. The largest absolute Gasteiger partial charge is 0.481 e. The van der Waals surface area contributed by atoms with Crippen molar-refractivity contribution in [1.29, 1.82) is 0 Å². The van der Waals surface area contributed by atoms with Crippen molar-refractivity contribution in [2.45, 2.75) is 38.6 Å². The lowest BCUT2D eigenvalue weighted by Crippen LogP contribution is -2.47. The molecule has 1 fully saturated rings. The van der Waals surface area contributed by atoms with E-state index in [1.807, 2.05) is 6.92 Å². The van der Waals surface area contributed by atoms with Gasteiger partial charge >= 0.3 is 5.97 Å². The first-order valence-electron chi connectivity index (χ1n) is 5.85. The Labute approximate surface area is 95.8 Å². The Morgan fingerprint density at radius 3 is 2.88 bits per heavy atom. The fraction of sp³-hybridized carbons (Fsp3) is 0.818. The van der Waals surface area contributed by atoms with E-state index in [1.54, 1.807) is 0 Å². The van der Waals surface area contributed by atoms with Crippen LogP contribution in [0.25, 0.3) is 0 Å². The summed E-state index contributed by atoms with van der Waals surface area (Å²) in [6.07, 6.45) is 2.70. The molecule has 0 bridgehead atoms. The highest BCUT2D eigenvalue weighted by Crippen LogP contribution is 2.10. The number of carbonyl (C=O) groups is 2. The van der Waals surface area contributed by atoms with Gasteiger partial charge in [0.2, 0.25) is 5.91 Å². The molecule has 1 aliphatic rings. The summed E-state index contributed by atoms with van der Waals surface area (Å²) in [7, 11) is 0. The first-order valence-corrected chi connectivity index (χ1v) is 5.85. The lowest BCUT2D eigenvalue weighted by molar-refractivity contribution is -0.137. The summed E-state index contributed by atoms with van der Waals surface area (Å²) >= 11 is 0. The molecule has 92 valence electrons. The molecule has 1 heterocycles. The van der Waals surface area contributed by atoms with E-state index in [0.29, 0.717) is 13.0 Å². The van der Waals surface area contributed by atoms with Crippen LogP contribution in [0.4, 0.5) is 0 Å². The number of amides is 1. The second-order valence-corrected chi connectivity index (χ2v) is 4.20. The van der Waals surface area contributed by atoms with Crippen molar-refractivity contribution in [1.82, 2.24) is 10.2 Å². The van der Waals surface area contributed by atoms with Gasteiger partial charge in [0.05, 0.1) is 6.42 Å². The summed E-state index contributed by atoms with van der Waals surface area (Å²) in [6, 6.07) is 0.190. The third-order valence-corrected chi connectivity index (χ3v) is 2.83. The van der Waals surface area contributed by atoms with Crippen LogP contribution in [0.2, 0.25) is 0 Å². The average molecular weight is 228 g/mol. The van der Waals surface area contributed by atoms with E-state index in [-0.39, 0.29) is 18.4 Å². The second-order valence-electron chi connectivity index (χ2n) is 4.20. The molecule has 0 saturated carbocycles. The highest BCUT2D eigenvalue weighted by molar-refractivity contribution is 5.75. The Balaban J connectivity index is 2.29. The number of carbonyl (C=O) groups excluding carboxylic acids is 1. The summed E-state index contributed by atoms with van der Waals surface area (Å²) in [5, 5.41) is 11.6. The predicted octanol–water partition coefficient (Wildman–Crippen LogP) is 0.452. The van der Waals surface area contributed by atoms with Crippen molar-refractivity contribution >= 4 is 11.9 Å². The van der Waals surface area contributed by atoms with Crippen LogP contribution in [-0.2, 0) is 9.59 Å². The standard InChI is InChI=1S/C11H20N2O3/c1-2-10(14)12-9-4-3-6-13(8-9)7-5-11(15)16/h9H,2-8H2,1H3,(H,12,14)(H,15,16). The molecule has 0 aromatic rings. The maximum Gasteiger partial charge on any atom is 0.304 e. The van der Waals surface area contributed by atoms with E-state index in [0.717, 1.165) is 25.9 Å². The molecule has 1 atom stereocenters. The molecule has 1 aliphatic heterocycles. The van der Waals surface area contributed by atoms with E-state index in [2.05, 4.69) is 10.2 Å². The lowest BCUT2D eigenvalue weighted by atomic mass is 10.1. The Morgan fingerprint density at radius 2 is 2.25 bits per heavy atom. The molecule has 1 rings (SSSR count). The third-order valence-electron chi connectivity index (χ3n) is 2.83. The topological polar surface area (TPSA) is 69.6 Å². The molecule has 0 aromatic carbocycles. The first kappa shape index (κ1) is 13.0. The minimum Gasteiger partial charge on any atom is -0.481 e. The molecule has 0 aromatic heterocycles. The van der Waals surface area contributed by atoms with Crippen molar-refractivity contribution in [3.8, 4) is 0 Å². The minimum atomic E-state index is -0.764. The van der Waals surface area contributed by atoms with Gasteiger partial charge < -0.3 is 15.3 Å². The molecule has 5 nitrogen and oxygen atoms in total. The van der Waals surface area contributed by atoms with Crippen LogP contribution in [0, 0.1) is 0 Å². The second kappa shape index (κ2) is 6.48. The Kier molecular flexibility index (Phi) is 5.25. The Morgan fingerprint density at radius 1 is 1.50 bits per heavy atom. The number of hydrogen-bond donors (Lipinski definition) is 2. The zero-order valence-electron chi connectivity index (χ0n) is 9.74. The van der Waals surface area contributed by atoms with E-state index in [1.165, 1.54) is 0 Å². The monoisotopic (exact) mass is 228 g/mol. The summed E-state index contributed by atoms with van der Waals surface area (Å²) in [4.78, 5) is 23.8. The van der Waals surface area contributed by atoms with Gasteiger partial charge in [-0.25, -0.2) is 0 Å². The zero-order chi connectivity index (χ0) is 12.0. The van der Waals surface area contributed by atoms with Gasteiger partial charge in [0.1, 0.15) is 0 Å². The van der Waals surface area contributed by atoms with Gasteiger partial charge in [0, 0.05) is 25.6 Å². The van der Waals surface area contributed by atoms with E-state index >= 15 is 0 Å². The van der Waals surface area contributed by atoms with Gasteiger partial charge in [-0.15, -0.1) is 0 Å². The Bertz CT molecular complexity index is 256. The van der Waals surface area contributed by atoms with Crippen LogP contribution in [0.5, 0.6) is 0 Å². The smallest absolute Gasteiger partial charge is 0.304 e. The van der Waals surface area contributed by atoms with Gasteiger partial charge in [-0.05, 0) is 19.4 Å². The fourth-order valence-electron chi connectivity index (χ4n) is 1.96. The number of piperidine rings is 1. The molecule has 16 heavy (non-hydrogen) atoms. The number of hydrogen-bond acceptors (Lipinski definition) is 3. The number of nitrogens with one attached hydrogen (secondary N) is 1. The molecule has 1 amide bonds. The number of carboxylic acids is 1. The van der Waals surface area contributed by atoms with Gasteiger partial charge in [-0.3, -0.25) is 9.59 Å². The van der Waals surface area contributed by atoms with Crippen LogP contribution in [0.1, 0.15) is 32.6 Å². The van der Waals surface area contributed by atoms with Crippen molar-refractivity contribution < 1.29 is 14.7 Å². The van der Waals surface area contributed by atoms with E-state index in [9.17, 15) is 9.59 Å². The van der Waals surface area contributed by atoms with Gasteiger partial charge in [0.15, 0.2) is 0 Å². The van der Waals surface area contributed by atoms with Gasteiger partial charge in [-0.2, -0.15) is 0 Å². The zero-order valence-corrected chi connectivity index (χ0v) is 9.74. The van der Waals surface area contributed by atoms with Gasteiger partial charge in [0.25, 0.3) is 0 Å². The van der Waals surface area contributed by atoms with Crippen LogP contribution < -0.4 is 5.32 Å². The molecule has 0 radical (unpaired) electrons. The summed E-state index contributed by atoms with van der Waals surface area (Å²) in [5.41, 5.74) is 0. The van der Waals surface area contributed by atoms with Crippen molar-refractivity contribution in [3.05, 3.63) is 0 Å². The van der Waals surface area contributed by atoms with Crippen LogP contribution in [-0.4, -0.2) is 47.6 Å². The quantitative estimate of drug-likeness (QED) is 0.717. The van der Waals surface area contributed by atoms with Crippen molar-refractivity contribution in [2.24, 2.45) is 0 Å². The SMILES string of the molecule is CCC(=O)NC1CCCN(CCC(=O)O)C1. The third kappa shape index (κ3) is 4.61. The molecule has 0 spiro atoms. The predicted molar refractivity (Wildman–Crippen MR) is 60.1 cm³/mol. The van der Waals surface area contributed by atoms with Crippen LogP contribution in [0.15, 0.2) is 0 Å². The van der Waals surface area contributed by atoms with E-state index < -0.39 is 5.97 Å². The number of nitrogens with zero attached hydrogens (tertiary/aromatic N) is 1. The molecule has 1 unspecified atom stereocenters. The highest BCUT2D eigenvalue weighted by Gasteiger charge is 2.20. The minimum absolute atomic E-state index is 0.0742. The first-order chi connectivity index (χ1) is 7.61. The normalized spacial score (nSPS) is 21.7. The molecular formula is C11H20N2O3. The lowest BCUT2D eigenvalue weighted by Gasteiger charge is -2.32.